The van der Waals surface area contributed by atoms with Crippen LogP contribution < -0.4 is 10.6 Å². The van der Waals surface area contributed by atoms with E-state index in [9.17, 15) is 14.4 Å². The number of nitrogens with one attached hydrogen (secondary N) is 1. The lowest BCUT2D eigenvalue weighted by Gasteiger charge is -2.26. The van der Waals surface area contributed by atoms with Crippen molar-refractivity contribution in [1.82, 2.24) is 4.90 Å². The van der Waals surface area contributed by atoms with Crippen LogP contribution in [0.2, 0.25) is 5.02 Å². The molecule has 0 aromatic heterocycles. The molecule has 2 saturated heterocycles. The topological polar surface area (TPSA) is 83.1 Å². The van der Waals surface area contributed by atoms with Gasteiger partial charge in [-0.25, -0.2) is 0 Å². The summed E-state index contributed by atoms with van der Waals surface area (Å²) in [6, 6.07) is 5.17. The lowest BCUT2D eigenvalue weighted by Crippen LogP contribution is -2.99. The molecule has 3 amide bonds. The van der Waals surface area contributed by atoms with Gasteiger partial charge in [-0.2, -0.15) is 11.8 Å². The molecule has 0 radical (unpaired) electrons. The monoisotopic (exact) mass is 422 g/mol. The summed E-state index contributed by atoms with van der Waals surface area (Å²) in [6.45, 7) is 2.46. The van der Waals surface area contributed by atoms with Gasteiger partial charge in [-0.1, -0.05) is 24.9 Å². The summed E-state index contributed by atoms with van der Waals surface area (Å²) in [6.07, 6.45) is 4.47. The first-order valence-electron chi connectivity index (χ1n) is 9.77. The van der Waals surface area contributed by atoms with Crippen LogP contribution >= 0.6 is 23.4 Å². The zero-order valence-electron chi connectivity index (χ0n) is 16.0. The van der Waals surface area contributed by atoms with Gasteiger partial charge < -0.3 is 10.6 Å². The minimum atomic E-state index is -1.11. The minimum Gasteiger partial charge on any atom is -0.326 e. The Morgan fingerprint density at radius 1 is 1.29 bits per heavy atom. The van der Waals surface area contributed by atoms with Crippen LogP contribution in [0.15, 0.2) is 18.2 Å². The molecule has 0 unspecified atom stereocenters. The van der Waals surface area contributed by atoms with Crippen molar-refractivity contribution >= 4 is 46.8 Å². The van der Waals surface area contributed by atoms with Crippen molar-refractivity contribution in [3.05, 3.63) is 28.8 Å². The number of carbonyl (C=O) groups is 3. The van der Waals surface area contributed by atoms with Crippen molar-refractivity contribution in [2.45, 2.75) is 37.8 Å². The molecule has 1 aromatic carbocycles. The average molecular weight is 423 g/mol. The molecule has 0 bridgehead atoms. The summed E-state index contributed by atoms with van der Waals surface area (Å²) in [7, 11) is 0. The van der Waals surface area contributed by atoms with Crippen molar-refractivity contribution in [3.8, 4) is 0 Å². The van der Waals surface area contributed by atoms with Crippen LogP contribution in [0.3, 0.4) is 0 Å². The summed E-state index contributed by atoms with van der Waals surface area (Å²) >= 11 is 7.95. The molecule has 3 aliphatic heterocycles. The maximum atomic E-state index is 13.4. The first-order chi connectivity index (χ1) is 13.5. The largest absolute Gasteiger partial charge is 0.326 e. The van der Waals surface area contributed by atoms with E-state index in [0.29, 0.717) is 17.3 Å². The molecule has 0 aliphatic carbocycles. The molecule has 150 valence electrons. The van der Waals surface area contributed by atoms with E-state index in [2.05, 4.69) is 5.32 Å². The van der Waals surface area contributed by atoms with Gasteiger partial charge in [0.25, 0.3) is 5.91 Å². The maximum absolute atomic E-state index is 13.4. The van der Waals surface area contributed by atoms with Crippen LogP contribution in [0.4, 0.5) is 5.69 Å². The van der Waals surface area contributed by atoms with Gasteiger partial charge in [0.1, 0.15) is 17.9 Å². The number of rotatable bonds is 6. The normalized spacial score (nSPS) is 30.9. The van der Waals surface area contributed by atoms with E-state index in [1.54, 1.807) is 30.0 Å². The highest BCUT2D eigenvalue weighted by molar-refractivity contribution is 7.98. The van der Waals surface area contributed by atoms with Gasteiger partial charge in [-0.3, -0.25) is 19.3 Å². The fourth-order valence-corrected chi connectivity index (χ4v) is 5.73. The number of nitrogens with zero attached hydrogens (tertiary/aromatic N) is 1. The van der Waals surface area contributed by atoms with Crippen molar-refractivity contribution < 1.29 is 19.7 Å². The first kappa shape index (κ1) is 19.7. The molecule has 4 atom stereocenters. The Kier molecular flexibility index (Phi) is 5.18. The molecule has 3 heterocycles. The number of benzene rings is 1. The fourth-order valence-electron chi connectivity index (χ4n) is 5.05. The molecule has 0 saturated carbocycles. The van der Waals surface area contributed by atoms with Crippen LogP contribution in [0.1, 0.15) is 31.7 Å². The van der Waals surface area contributed by atoms with E-state index < -0.39 is 17.4 Å². The van der Waals surface area contributed by atoms with E-state index in [1.807, 2.05) is 18.5 Å². The Hall–Kier alpha value is -1.57. The lowest BCUT2D eigenvalue weighted by atomic mass is 9.76. The number of likely N-dealkylation sites (tertiary alicyclic amines) is 1. The second kappa shape index (κ2) is 7.35. The lowest BCUT2D eigenvalue weighted by molar-refractivity contribution is -0.733. The van der Waals surface area contributed by atoms with Crippen LogP contribution in [0.25, 0.3) is 0 Å². The summed E-state index contributed by atoms with van der Waals surface area (Å²) in [4.78, 5) is 41.2. The Balaban J connectivity index is 1.81. The maximum Gasteiger partial charge on any atom is 0.291 e. The summed E-state index contributed by atoms with van der Waals surface area (Å²) in [5.74, 6) is -0.818. The molecule has 4 rings (SSSR count). The summed E-state index contributed by atoms with van der Waals surface area (Å²) in [5.41, 5.74) is 0.300. The number of unbranched alkanes of at least 4 members (excludes halogenated alkanes) is 1. The zero-order valence-corrected chi connectivity index (χ0v) is 17.6. The number of nitrogens with two attached hydrogens (primary N) is 1. The van der Waals surface area contributed by atoms with Crippen molar-refractivity contribution in [1.29, 1.82) is 0 Å². The number of hydrogen-bond acceptors (Lipinski definition) is 4. The van der Waals surface area contributed by atoms with E-state index in [4.69, 9.17) is 11.6 Å². The van der Waals surface area contributed by atoms with Gasteiger partial charge in [-0.15, -0.1) is 0 Å². The Morgan fingerprint density at radius 2 is 2.07 bits per heavy atom. The molecule has 3 aliphatic rings. The van der Waals surface area contributed by atoms with E-state index in [0.717, 1.165) is 30.6 Å². The van der Waals surface area contributed by atoms with Crippen LogP contribution in [-0.4, -0.2) is 47.2 Å². The molecule has 28 heavy (non-hydrogen) atoms. The molecule has 2 fully saturated rings. The number of quaternary nitrogens is 1. The summed E-state index contributed by atoms with van der Waals surface area (Å²) in [5, 5.41) is 5.42. The second-order valence-corrected chi connectivity index (χ2v) is 9.23. The molecular formula is C20H25ClN3O3S+. The van der Waals surface area contributed by atoms with Gasteiger partial charge >= 0.3 is 0 Å². The smallest absolute Gasteiger partial charge is 0.291 e. The SMILES string of the molecule is CCCCN1C(=O)[C@H]2[C@@H](C1=O)[C@@]1([NH2+][C@@H]2CCSC)C(=O)Nc2ccc(Cl)cc21. The fraction of sp³-hybridized carbons (Fsp3) is 0.550. The standard InChI is InChI=1S/C20H24ClN3O3S/c1-3-4-8-24-17(25)15-14(7-9-28-2)23-20(16(15)18(24)26)12-10-11(21)5-6-13(12)22-19(20)27/h5-6,10,14-16,23H,3-4,7-9H2,1-2H3,(H,22,27)/p+1/t14-,15-,16+,20-/m1/s1. The van der Waals surface area contributed by atoms with Gasteiger partial charge in [0.05, 0.1) is 5.69 Å². The molecule has 3 N–H and O–H groups in total. The Labute approximate surface area is 173 Å². The van der Waals surface area contributed by atoms with Gasteiger partial charge in [0.2, 0.25) is 17.4 Å². The number of thioether (sulfide) groups is 1. The molecule has 1 aromatic rings. The third-order valence-corrected chi connectivity index (χ3v) is 7.19. The molecule has 6 nitrogen and oxygen atoms in total. The average Bonchev–Trinajstić information content (AvgIpc) is 3.24. The number of amides is 3. The van der Waals surface area contributed by atoms with Crippen molar-refractivity contribution in [2.75, 3.05) is 23.9 Å². The van der Waals surface area contributed by atoms with Crippen LogP contribution in [0.5, 0.6) is 0 Å². The zero-order chi connectivity index (χ0) is 20.1. The number of imide groups is 1. The Bertz CT molecular complexity index is 848. The predicted molar refractivity (Wildman–Crippen MR) is 109 cm³/mol. The molecule has 8 heteroatoms. The van der Waals surface area contributed by atoms with Crippen molar-refractivity contribution in [2.24, 2.45) is 11.8 Å². The summed E-state index contributed by atoms with van der Waals surface area (Å²) < 4.78 is 0. The number of fused-ring (bicyclic) bond motifs is 4. The highest BCUT2D eigenvalue weighted by Gasteiger charge is 2.73. The minimum absolute atomic E-state index is 0.101. The quantitative estimate of drug-likeness (QED) is 0.682. The third-order valence-electron chi connectivity index (χ3n) is 6.31. The number of carbonyl (C=O) groups excluding carboxylic acids is 3. The van der Waals surface area contributed by atoms with Crippen molar-refractivity contribution in [3.63, 3.8) is 0 Å². The predicted octanol–water partition coefficient (Wildman–Crippen LogP) is 1.59. The van der Waals surface area contributed by atoms with Gasteiger partial charge in [-0.05, 0) is 36.6 Å². The van der Waals surface area contributed by atoms with E-state index in [1.165, 1.54) is 4.90 Å². The number of hydrogen-bond donors (Lipinski definition) is 2. The molecular weight excluding hydrogens is 398 g/mol. The first-order valence-corrected chi connectivity index (χ1v) is 11.5. The third kappa shape index (κ3) is 2.70. The number of halogens is 1. The molecule has 1 spiro atoms. The van der Waals surface area contributed by atoms with Gasteiger partial charge in [0, 0.05) is 23.6 Å². The highest BCUT2D eigenvalue weighted by atomic mass is 35.5. The van der Waals surface area contributed by atoms with Crippen LogP contribution in [-0.2, 0) is 19.9 Å². The Morgan fingerprint density at radius 3 is 2.79 bits per heavy atom. The van der Waals surface area contributed by atoms with Gasteiger partial charge in [0.15, 0.2) is 0 Å². The van der Waals surface area contributed by atoms with Crippen LogP contribution in [0, 0.1) is 11.8 Å². The second-order valence-electron chi connectivity index (χ2n) is 7.81. The number of anilines is 1. The highest BCUT2D eigenvalue weighted by Crippen LogP contribution is 2.50. The van der Waals surface area contributed by atoms with E-state index >= 15 is 0 Å². The van der Waals surface area contributed by atoms with E-state index in [-0.39, 0.29) is 23.8 Å².